The average Bonchev–Trinajstić information content (AvgIpc) is 2.98. The van der Waals surface area contributed by atoms with Gasteiger partial charge in [-0.3, -0.25) is 9.80 Å². The molecule has 4 rings (SSSR count). The first-order valence-electron chi connectivity index (χ1n) is 13.4. The zero-order valence-electron chi connectivity index (χ0n) is 22.9. The molecule has 1 saturated heterocycles. The van der Waals surface area contributed by atoms with E-state index in [9.17, 15) is 0 Å². The number of carbonyl (C=O) groups is 2. The molecule has 1 aliphatic heterocycles. The summed E-state index contributed by atoms with van der Waals surface area (Å²) in [4.78, 5) is 23.3. The van der Waals surface area contributed by atoms with Crippen LogP contribution in [0.2, 0.25) is 0 Å². The van der Waals surface area contributed by atoms with Crippen LogP contribution in [0.1, 0.15) is 24.1 Å². The molecule has 0 saturated carbocycles. The summed E-state index contributed by atoms with van der Waals surface area (Å²) in [5, 5.41) is 14.8. The molecular weight excluding hydrogens is 512 g/mol. The number of rotatable bonds is 12. The lowest BCUT2D eigenvalue weighted by atomic mass is 9.96. The predicted octanol–water partition coefficient (Wildman–Crippen LogP) is 4.04. The maximum Gasteiger partial charge on any atom is 0.414 e. The summed E-state index contributed by atoms with van der Waals surface area (Å²) < 4.78 is 17.3. The number of hydrogen-bond donors (Lipinski definition) is 2. The predicted molar refractivity (Wildman–Crippen MR) is 152 cm³/mol. The number of carboxylic acids is 2. The van der Waals surface area contributed by atoms with Gasteiger partial charge >= 0.3 is 11.9 Å². The van der Waals surface area contributed by atoms with Gasteiger partial charge in [0.1, 0.15) is 6.61 Å². The molecule has 0 atom stereocenters. The van der Waals surface area contributed by atoms with Crippen molar-refractivity contribution in [2.24, 2.45) is 0 Å². The van der Waals surface area contributed by atoms with Gasteiger partial charge in [0.25, 0.3) is 0 Å². The molecule has 9 nitrogen and oxygen atoms in total. The van der Waals surface area contributed by atoms with Gasteiger partial charge in [0.2, 0.25) is 0 Å². The van der Waals surface area contributed by atoms with Crippen LogP contribution in [0.3, 0.4) is 0 Å². The second-order valence-corrected chi connectivity index (χ2v) is 9.05. The molecule has 0 unspecified atom stereocenters. The van der Waals surface area contributed by atoms with Gasteiger partial charge in [0.15, 0.2) is 11.5 Å². The SMILES string of the molecule is CCOc1ccccc1OCCOCCN1CCN(C(c2ccccc2)c2ccccc2)CC1.O=C(O)C(=O)O. The number of carboxylic acid groups (broad SMARTS) is 2. The lowest BCUT2D eigenvalue weighted by Crippen LogP contribution is -2.48. The van der Waals surface area contributed by atoms with Crippen LogP contribution in [0.15, 0.2) is 84.9 Å². The van der Waals surface area contributed by atoms with E-state index < -0.39 is 11.9 Å². The van der Waals surface area contributed by atoms with Crippen molar-refractivity contribution in [3.05, 3.63) is 96.1 Å². The normalized spacial score (nSPS) is 13.8. The highest BCUT2D eigenvalue weighted by atomic mass is 16.5. The van der Waals surface area contributed by atoms with E-state index in [4.69, 9.17) is 34.0 Å². The summed E-state index contributed by atoms with van der Waals surface area (Å²) in [6, 6.07) is 29.8. The minimum Gasteiger partial charge on any atom is -0.490 e. The lowest BCUT2D eigenvalue weighted by molar-refractivity contribution is -0.159. The van der Waals surface area contributed by atoms with E-state index in [1.165, 1.54) is 11.1 Å². The fourth-order valence-corrected chi connectivity index (χ4v) is 4.48. The fraction of sp³-hybridized carbons (Fsp3) is 0.355. The van der Waals surface area contributed by atoms with Gasteiger partial charge in [-0.05, 0) is 30.2 Å². The van der Waals surface area contributed by atoms with Crippen molar-refractivity contribution in [3.63, 3.8) is 0 Å². The Morgan fingerprint density at radius 3 is 1.70 bits per heavy atom. The van der Waals surface area contributed by atoms with E-state index in [1.807, 2.05) is 31.2 Å². The molecule has 9 heteroatoms. The quantitative estimate of drug-likeness (QED) is 0.255. The molecule has 1 heterocycles. The van der Waals surface area contributed by atoms with Gasteiger partial charge in [-0.1, -0.05) is 72.8 Å². The summed E-state index contributed by atoms with van der Waals surface area (Å²) >= 11 is 0. The van der Waals surface area contributed by atoms with E-state index in [0.717, 1.165) is 50.8 Å². The minimum atomic E-state index is -1.82. The van der Waals surface area contributed by atoms with Gasteiger partial charge in [-0.25, -0.2) is 9.59 Å². The zero-order chi connectivity index (χ0) is 28.6. The second kappa shape index (κ2) is 16.9. The van der Waals surface area contributed by atoms with E-state index in [2.05, 4.69) is 70.5 Å². The first-order chi connectivity index (χ1) is 19.5. The van der Waals surface area contributed by atoms with Gasteiger partial charge in [-0.2, -0.15) is 0 Å². The van der Waals surface area contributed by atoms with Gasteiger partial charge in [0, 0.05) is 32.7 Å². The molecule has 0 bridgehead atoms. The molecule has 3 aromatic carbocycles. The summed E-state index contributed by atoms with van der Waals surface area (Å²) in [6.07, 6.45) is 0. The number of nitrogens with zero attached hydrogens (tertiary/aromatic N) is 2. The molecule has 0 amide bonds. The van der Waals surface area contributed by atoms with Gasteiger partial charge < -0.3 is 24.4 Å². The monoisotopic (exact) mass is 550 g/mol. The second-order valence-electron chi connectivity index (χ2n) is 9.05. The number of benzene rings is 3. The summed E-state index contributed by atoms with van der Waals surface area (Å²) in [5.74, 6) is -2.09. The first kappa shape index (κ1) is 30.6. The average molecular weight is 551 g/mol. The molecule has 0 radical (unpaired) electrons. The highest BCUT2D eigenvalue weighted by Crippen LogP contribution is 2.29. The molecule has 1 fully saturated rings. The van der Waals surface area contributed by atoms with Crippen molar-refractivity contribution in [2.45, 2.75) is 13.0 Å². The lowest BCUT2D eigenvalue weighted by Gasteiger charge is -2.39. The number of ether oxygens (including phenoxy) is 3. The molecule has 3 aromatic rings. The van der Waals surface area contributed by atoms with Crippen molar-refractivity contribution in [1.82, 2.24) is 9.80 Å². The minimum absolute atomic E-state index is 0.303. The smallest absolute Gasteiger partial charge is 0.414 e. The molecule has 40 heavy (non-hydrogen) atoms. The van der Waals surface area contributed by atoms with Crippen LogP contribution < -0.4 is 9.47 Å². The van der Waals surface area contributed by atoms with Crippen LogP contribution in [0, 0.1) is 0 Å². The molecule has 0 aliphatic carbocycles. The van der Waals surface area contributed by atoms with Crippen LogP contribution in [0.4, 0.5) is 0 Å². The Bertz CT molecular complexity index is 1100. The fourth-order valence-electron chi connectivity index (χ4n) is 4.48. The highest BCUT2D eigenvalue weighted by Gasteiger charge is 2.26. The third kappa shape index (κ3) is 10.00. The van der Waals surface area contributed by atoms with Crippen LogP contribution in [0.5, 0.6) is 11.5 Å². The Kier molecular flexibility index (Phi) is 12.9. The maximum absolute atomic E-state index is 9.10. The van der Waals surface area contributed by atoms with E-state index in [0.29, 0.717) is 25.9 Å². The molecule has 0 spiro atoms. The molecule has 0 aromatic heterocycles. The summed E-state index contributed by atoms with van der Waals surface area (Å²) in [5.41, 5.74) is 2.72. The summed E-state index contributed by atoms with van der Waals surface area (Å²) in [6.45, 7) is 9.57. The van der Waals surface area contributed by atoms with E-state index in [-0.39, 0.29) is 0 Å². The maximum atomic E-state index is 9.10. The summed E-state index contributed by atoms with van der Waals surface area (Å²) in [7, 11) is 0. The molecule has 1 aliphatic rings. The third-order valence-corrected chi connectivity index (χ3v) is 6.37. The van der Waals surface area contributed by atoms with Crippen molar-refractivity contribution >= 4 is 11.9 Å². The van der Waals surface area contributed by atoms with Gasteiger partial charge in [0.05, 0.1) is 25.9 Å². The van der Waals surface area contributed by atoms with Crippen LogP contribution in [0.25, 0.3) is 0 Å². The van der Waals surface area contributed by atoms with Crippen molar-refractivity contribution < 1.29 is 34.0 Å². The van der Waals surface area contributed by atoms with Crippen molar-refractivity contribution in [3.8, 4) is 11.5 Å². The molecule has 2 N–H and O–H groups in total. The Morgan fingerprint density at radius 1 is 0.700 bits per heavy atom. The topological polar surface area (TPSA) is 109 Å². The number of hydrogen-bond acceptors (Lipinski definition) is 7. The first-order valence-corrected chi connectivity index (χ1v) is 13.4. The molecular formula is C31H38N2O7. The van der Waals surface area contributed by atoms with Crippen LogP contribution in [-0.4, -0.2) is 91.1 Å². The van der Waals surface area contributed by atoms with Crippen LogP contribution >= 0.6 is 0 Å². The standard InChI is InChI=1S/C29H36N2O3.C2H2O4/c1-2-33-27-15-9-10-16-28(27)34-24-23-32-22-21-30-17-19-31(20-18-30)29(25-11-5-3-6-12-25)26-13-7-4-8-14-26;3-1(4)2(5)6/h3-16,29H,2,17-24H2,1H3;(H,3,4)(H,5,6). The molecule has 214 valence electrons. The Morgan fingerprint density at radius 2 is 1.20 bits per heavy atom. The highest BCUT2D eigenvalue weighted by molar-refractivity contribution is 6.27. The van der Waals surface area contributed by atoms with Gasteiger partial charge in [-0.15, -0.1) is 0 Å². The van der Waals surface area contributed by atoms with Crippen molar-refractivity contribution in [1.29, 1.82) is 0 Å². The number of piperazine rings is 1. The van der Waals surface area contributed by atoms with Crippen molar-refractivity contribution in [2.75, 3.05) is 59.2 Å². The van der Waals surface area contributed by atoms with Crippen LogP contribution in [-0.2, 0) is 14.3 Å². The Balaban J connectivity index is 0.000000663. The number of aliphatic carboxylic acids is 2. The largest absolute Gasteiger partial charge is 0.490 e. The van der Waals surface area contributed by atoms with E-state index >= 15 is 0 Å². The zero-order valence-corrected chi connectivity index (χ0v) is 22.9. The number of para-hydroxylation sites is 2. The Labute approximate surface area is 235 Å². The Hall–Kier alpha value is -3.92. The third-order valence-electron chi connectivity index (χ3n) is 6.37. The van der Waals surface area contributed by atoms with E-state index in [1.54, 1.807) is 0 Å².